The summed E-state index contributed by atoms with van der Waals surface area (Å²) in [6, 6.07) is 0. The molecule has 0 bridgehead atoms. The van der Waals surface area contributed by atoms with Crippen LogP contribution in [0.2, 0.25) is 5.02 Å². The average Bonchev–Trinajstić information content (AvgIpc) is 2.03. The normalized spacial score (nSPS) is 9.50. The zero-order valence-corrected chi connectivity index (χ0v) is 6.91. The van der Waals surface area contributed by atoms with Gasteiger partial charge in [0.05, 0.1) is 24.4 Å². The largest absolute Gasteiger partial charge is 0.489 e. The topological polar surface area (TPSA) is 65.3 Å². The van der Waals surface area contributed by atoms with Crippen LogP contribution in [-0.4, -0.2) is 17.0 Å². The maximum Gasteiger partial charge on any atom is 0.332 e. The zero-order valence-electron chi connectivity index (χ0n) is 6.15. The average molecular weight is 189 g/mol. The molecule has 0 amide bonds. The molecule has 0 saturated heterocycles. The van der Waals surface area contributed by atoms with E-state index in [4.69, 9.17) is 16.3 Å². The fourth-order valence-corrected chi connectivity index (χ4v) is 0.955. The first-order valence-electron chi connectivity index (χ1n) is 2.98. The molecule has 1 heterocycles. The highest BCUT2D eigenvalue weighted by molar-refractivity contribution is 6.32. The fourth-order valence-electron chi connectivity index (χ4n) is 0.737. The molecule has 0 aliphatic heterocycles. The van der Waals surface area contributed by atoms with Gasteiger partial charge in [-0.3, -0.25) is 15.1 Å². The van der Waals surface area contributed by atoms with Gasteiger partial charge in [-0.1, -0.05) is 11.6 Å². The number of methoxy groups -OCH3 is 1. The highest BCUT2D eigenvalue weighted by atomic mass is 35.5. The predicted octanol–water partition coefficient (Wildman–Crippen LogP) is 1.65. The van der Waals surface area contributed by atoms with Crippen LogP contribution < -0.4 is 4.74 Å². The van der Waals surface area contributed by atoms with Crippen molar-refractivity contribution in [2.75, 3.05) is 7.11 Å². The van der Waals surface area contributed by atoms with Crippen molar-refractivity contribution in [1.29, 1.82) is 0 Å². The van der Waals surface area contributed by atoms with E-state index in [1.165, 1.54) is 19.5 Å². The Labute approximate surface area is 73.1 Å². The van der Waals surface area contributed by atoms with E-state index in [1.54, 1.807) is 0 Å². The third-order valence-corrected chi connectivity index (χ3v) is 1.52. The van der Waals surface area contributed by atoms with Crippen molar-refractivity contribution < 1.29 is 9.66 Å². The quantitative estimate of drug-likeness (QED) is 0.523. The minimum Gasteiger partial charge on any atom is -0.489 e. The molecule has 0 unspecified atom stereocenters. The van der Waals surface area contributed by atoms with Gasteiger partial charge in [-0.05, 0) is 0 Å². The summed E-state index contributed by atoms with van der Waals surface area (Å²) in [6.07, 6.45) is 2.44. The summed E-state index contributed by atoms with van der Waals surface area (Å²) >= 11 is 5.52. The Bertz CT molecular complexity index is 316. The van der Waals surface area contributed by atoms with Crippen LogP contribution in [-0.2, 0) is 0 Å². The molecule has 0 aliphatic carbocycles. The molecule has 6 heteroatoms. The number of hydrogen-bond acceptors (Lipinski definition) is 4. The van der Waals surface area contributed by atoms with Gasteiger partial charge < -0.3 is 4.74 Å². The number of ether oxygens (including phenoxy) is 1. The van der Waals surface area contributed by atoms with E-state index in [1.807, 2.05) is 0 Å². The predicted molar refractivity (Wildman–Crippen MR) is 42.5 cm³/mol. The molecule has 0 spiro atoms. The van der Waals surface area contributed by atoms with Crippen LogP contribution in [0.1, 0.15) is 0 Å². The van der Waals surface area contributed by atoms with Crippen LogP contribution in [0.5, 0.6) is 5.75 Å². The Morgan fingerprint density at radius 1 is 1.67 bits per heavy atom. The van der Waals surface area contributed by atoms with Gasteiger partial charge in [0.25, 0.3) is 0 Å². The minimum absolute atomic E-state index is 0.0284. The third kappa shape index (κ3) is 1.45. The van der Waals surface area contributed by atoms with Gasteiger partial charge in [0, 0.05) is 0 Å². The maximum absolute atomic E-state index is 10.4. The van der Waals surface area contributed by atoms with Crippen LogP contribution in [0.4, 0.5) is 5.69 Å². The van der Waals surface area contributed by atoms with Gasteiger partial charge in [-0.15, -0.1) is 0 Å². The molecular weight excluding hydrogens is 184 g/mol. The number of pyridine rings is 1. The van der Waals surface area contributed by atoms with Crippen molar-refractivity contribution in [3.8, 4) is 5.75 Å². The summed E-state index contributed by atoms with van der Waals surface area (Å²) in [7, 11) is 1.32. The van der Waals surface area contributed by atoms with Crippen LogP contribution in [0.25, 0.3) is 0 Å². The lowest BCUT2D eigenvalue weighted by molar-refractivity contribution is -0.385. The highest BCUT2D eigenvalue weighted by Gasteiger charge is 2.19. The molecule has 0 saturated carbocycles. The van der Waals surface area contributed by atoms with E-state index < -0.39 is 4.92 Å². The van der Waals surface area contributed by atoms with E-state index in [0.717, 1.165) is 0 Å². The van der Waals surface area contributed by atoms with Gasteiger partial charge >= 0.3 is 5.69 Å². The van der Waals surface area contributed by atoms with E-state index in [2.05, 4.69) is 4.98 Å². The molecule has 5 nitrogen and oxygen atoms in total. The van der Waals surface area contributed by atoms with Crippen molar-refractivity contribution in [2.24, 2.45) is 0 Å². The van der Waals surface area contributed by atoms with Gasteiger partial charge in [0.1, 0.15) is 5.02 Å². The number of rotatable bonds is 2. The van der Waals surface area contributed by atoms with Crippen molar-refractivity contribution in [3.05, 3.63) is 27.5 Å². The first-order valence-corrected chi connectivity index (χ1v) is 3.36. The van der Waals surface area contributed by atoms with Gasteiger partial charge in [-0.2, -0.15) is 0 Å². The van der Waals surface area contributed by atoms with Gasteiger partial charge in [-0.25, -0.2) is 0 Å². The van der Waals surface area contributed by atoms with Crippen molar-refractivity contribution in [3.63, 3.8) is 0 Å². The smallest absolute Gasteiger partial charge is 0.332 e. The second-order valence-electron chi connectivity index (χ2n) is 1.93. The molecule has 64 valence electrons. The Morgan fingerprint density at radius 2 is 2.33 bits per heavy atom. The van der Waals surface area contributed by atoms with E-state index in [-0.39, 0.29) is 16.5 Å². The molecule has 0 atom stereocenters. The number of halogens is 1. The second kappa shape index (κ2) is 3.36. The standard InChI is InChI=1S/C6H5ClN2O3/c1-12-5-3-8-2-4(7)6(5)9(10)11/h2-3H,1H3. The molecule has 0 aliphatic rings. The molecule has 1 rings (SSSR count). The number of aromatic nitrogens is 1. The summed E-state index contributed by atoms with van der Waals surface area (Å²) in [5, 5.41) is 10.4. The molecule has 12 heavy (non-hydrogen) atoms. The van der Waals surface area contributed by atoms with Crippen molar-refractivity contribution in [2.45, 2.75) is 0 Å². The first-order chi connectivity index (χ1) is 5.66. The number of hydrogen-bond donors (Lipinski definition) is 0. The third-order valence-electron chi connectivity index (χ3n) is 1.24. The second-order valence-corrected chi connectivity index (χ2v) is 2.34. The molecule has 0 fully saturated rings. The first kappa shape index (κ1) is 8.73. The maximum atomic E-state index is 10.4. The number of nitrogens with zero attached hydrogens (tertiary/aromatic N) is 2. The Hall–Kier alpha value is -1.36. The molecular formula is C6H5ClN2O3. The molecule has 1 aromatic heterocycles. The molecule has 1 aromatic rings. The summed E-state index contributed by atoms with van der Waals surface area (Å²) in [6.45, 7) is 0. The van der Waals surface area contributed by atoms with E-state index >= 15 is 0 Å². The molecule has 0 radical (unpaired) electrons. The van der Waals surface area contributed by atoms with Gasteiger partial charge in [0.2, 0.25) is 5.75 Å². The number of nitro groups is 1. The Morgan fingerprint density at radius 3 is 2.75 bits per heavy atom. The van der Waals surface area contributed by atoms with Crippen molar-refractivity contribution in [1.82, 2.24) is 4.98 Å². The summed E-state index contributed by atoms with van der Waals surface area (Å²) in [5.74, 6) is 0.0625. The molecule has 0 N–H and O–H groups in total. The van der Waals surface area contributed by atoms with Gasteiger partial charge in [0.15, 0.2) is 0 Å². The van der Waals surface area contributed by atoms with E-state index in [9.17, 15) is 10.1 Å². The highest BCUT2D eigenvalue weighted by Crippen LogP contribution is 2.32. The lowest BCUT2D eigenvalue weighted by Gasteiger charge is -2.00. The van der Waals surface area contributed by atoms with Crippen LogP contribution in [0.3, 0.4) is 0 Å². The van der Waals surface area contributed by atoms with Crippen molar-refractivity contribution >= 4 is 17.3 Å². The summed E-state index contributed by atoms with van der Waals surface area (Å²) in [5.41, 5.74) is -0.255. The summed E-state index contributed by atoms with van der Waals surface area (Å²) in [4.78, 5) is 13.4. The SMILES string of the molecule is COc1cncc(Cl)c1[N+](=O)[O-]. The Kier molecular flexibility index (Phi) is 2.44. The summed E-state index contributed by atoms with van der Waals surface area (Å²) < 4.78 is 4.70. The zero-order chi connectivity index (χ0) is 9.14. The Balaban J connectivity index is 3.29. The van der Waals surface area contributed by atoms with Crippen LogP contribution >= 0.6 is 11.6 Å². The van der Waals surface area contributed by atoms with Crippen LogP contribution in [0, 0.1) is 10.1 Å². The fraction of sp³-hybridized carbons (Fsp3) is 0.167. The molecule has 0 aromatic carbocycles. The van der Waals surface area contributed by atoms with E-state index in [0.29, 0.717) is 0 Å². The lowest BCUT2D eigenvalue weighted by Crippen LogP contribution is -1.95. The van der Waals surface area contributed by atoms with Crippen LogP contribution in [0.15, 0.2) is 12.4 Å². The lowest BCUT2D eigenvalue weighted by atomic mass is 10.4. The monoisotopic (exact) mass is 188 g/mol. The minimum atomic E-state index is -0.608.